The highest BCUT2D eigenvalue weighted by molar-refractivity contribution is 5.85. The van der Waals surface area contributed by atoms with Gasteiger partial charge in [-0.1, -0.05) is 0 Å². The number of aliphatic carboxylic acids is 5. The van der Waals surface area contributed by atoms with Crippen molar-refractivity contribution in [2.24, 2.45) is 28.7 Å². The number of aliphatic hydroxyl groups is 5. The van der Waals surface area contributed by atoms with Crippen molar-refractivity contribution in [3.8, 4) is 0 Å². The molecular weight excluding hydrogens is 586 g/mol. The second-order valence-electron chi connectivity index (χ2n) is 7.29. The molecule has 0 bridgehead atoms. The van der Waals surface area contributed by atoms with E-state index in [1.165, 1.54) is 0 Å². The maximum atomic E-state index is 9.85. The average molecular weight is 632 g/mol. The van der Waals surface area contributed by atoms with Crippen molar-refractivity contribution in [2.75, 3.05) is 33.0 Å². The van der Waals surface area contributed by atoms with Crippen LogP contribution >= 0.6 is 12.4 Å². The minimum atomic E-state index is -1.07. The summed E-state index contributed by atoms with van der Waals surface area (Å²) < 4.78 is 0. The van der Waals surface area contributed by atoms with Gasteiger partial charge in [0.2, 0.25) is 0 Å². The van der Waals surface area contributed by atoms with E-state index < -0.39 is 60.1 Å². The van der Waals surface area contributed by atoms with Crippen LogP contribution in [0.15, 0.2) is 0 Å². The van der Waals surface area contributed by atoms with E-state index in [0.717, 1.165) is 0 Å². The summed E-state index contributed by atoms with van der Waals surface area (Å²) in [5, 5.41) is 81.1. The number of hydrogen-bond acceptors (Lipinski definition) is 15. The molecule has 0 aromatic rings. The zero-order chi connectivity index (χ0) is 32.8. The van der Waals surface area contributed by atoms with Crippen LogP contribution in [0.4, 0.5) is 0 Å². The van der Waals surface area contributed by atoms with E-state index in [1.54, 1.807) is 0 Å². The van der Waals surface area contributed by atoms with Crippen LogP contribution in [-0.2, 0) is 24.0 Å². The van der Waals surface area contributed by atoms with E-state index in [-0.39, 0.29) is 77.5 Å². The standard InChI is InChI=1S/5C4H9NO3.ClH/c5*5-3(1-2-6)4(7)8;/h5*3,6H,1-2,5H2,(H,7,8);1H/t5*3-;/m00000./s1. The molecule has 0 saturated heterocycles. The number of carbonyl (C=O) groups is 5. The third kappa shape index (κ3) is 44.5. The summed E-state index contributed by atoms with van der Waals surface area (Å²) in [6, 6.07) is -4.58. The summed E-state index contributed by atoms with van der Waals surface area (Å²) in [4.78, 5) is 49.3. The molecule has 0 fully saturated rings. The predicted octanol–water partition coefficient (Wildman–Crippen LogP) is -5.67. The van der Waals surface area contributed by atoms with Gasteiger partial charge in [-0.15, -0.1) is 12.4 Å². The number of hydrogen-bond donors (Lipinski definition) is 15. The monoisotopic (exact) mass is 631 g/mol. The van der Waals surface area contributed by atoms with Gasteiger partial charge in [0.15, 0.2) is 0 Å². The lowest BCUT2D eigenvalue weighted by Gasteiger charge is -2.00. The molecule has 0 heterocycles. The number of carboxylic acids is 5. The molecule has 0 saturated carbocycles. The average Bonchev–Trinajstić information content (AvgIpc) is 2.86. The summed E-state index contributed by atoms with van der Waals surface area (Å²) in [6.07, 6.45) is 0.602. The Morgan fingerprint density at radius 2 is 0.463 bits per heavy atom. The topological polar surface area (TPSA) is 418 Å². The van der Waals surface area contributed by atoms with Crippen LogP contribution in [0.5, 0.6) is 0 Å². The van der Waals surface area contributed by atoms with Crippen molar-refractivity contribution >= 4 is 42.3 Å². The lowest BCUT2D eigenvalue weighted by atomic mass is 10.2. The Bertz CT molecular complexity index is 551. The third-order valence-electron chi connectivity index (χ3n) is 3.79. The fourth-order valence-corrected chi connectivity index (χ4v) is 1.31. The highest BCUT2D eigenvalue weighted by Gasteiger charge is 2.10. The second-order valence-corrected chi connectivity index (χ2v) is 7.29. The molecule has 0 aromatic heterocycles. The van der Waals surface area contributed by atoms with E-state index in [2.05, 4.69) is 0 Å². The third-order valence-corrected chi connectivity index (χ3v) is 3.79. The van der Waals surface area contributed by atoms with Crippen LogP contribution in [0.1, 0.15) is 32.1 Å². The predicted molar refractivity (Wildman–Crippen MR) is 144 cm³/mol. The lowest BCUT2D eigenvalue weighted by Crippen LogP contribution is -2.30. The van der Waals surface area contributed by atoms with Gasteiger partial charge in [-0.05, 0) is 32.1 Å². The molecule has 0 unspecified atom stereocenters. The largest absolute Gasteiger partial charge is 0.480 e. The molecule has 0 aromatic carbocycles. The first kappa shape index (κ1) is 51.0. The molecule has 248 valence electrons. The summed E-state index contributed by atoms with van der Waals surface area (Å²) in [6.45, 7) is -0.866. The first-order valence-corrected chi connectivity index (χ1v) is 11.4. The smallest absolute Gasteiger partial charge is 0.320 e. The minimum absolute atomic E-state index is 0. The Morgan fingerprint density at radius 3 is 0.488 bits per heavy atom. The van der Waals surface area contributed by atoms with Gasteiger partial charge < -0.3 is 79.7 Å². The molecule has 41 heavy (non-hydrogen) atoms. The van der Waals surface area contributed by atoms with Gasteiger partial charge in [-0.25, -0.2) is 0 Å². The van der Waals surface area contributed by atoms with Gasteiger partial charge in [0, 0.05) is 33.0 Å². The fraction of sp³-hybridized carbons (Fsp3) is 0.750. The summed E-state index contributed by atoms with van der Waals surface area (Å²) in [5.41, 5.74) is 24.8. The van der Waals surface area contributed by atoms with Gasteiger partial charge in [-0.2, -0.15) is 0 Å². The fourth-order valence-electron chi connectivity index (χ4n) is 1.31. The molecular formula is C20H46ClN5O15. The summed E-state index contributed by atoms with van der Waals surface area (Å²) in [5.74, 6) is -5.35. The first-order valence-electron chi connectivity index (χ1n) is 11.4. The first-order chi connectivity index (χ1) is 18.4. The Morgan fingerprint density at radius 1 is 0.366 bits per heavy atom. The normalized spacial score (nSPS) is 12.9. The number of rotatable bonds is 15. The quantitative estimate of drug-likeness (QED) is 0.0799. The van der Waals surface area contributed by atoms with Crippen LogP contribution in [0.2, 0.25) is 0 Å². The van der Waals surface area contributed by atoms with Crippen LogP contribution in [0.3, 0.4) is 0 Å². The molecule has 0 aliphatic carbocycles. The molecule has 0 aliphatic rings. The Balaban J connectivity index is -0.0000000928. The number of aliphatic hydroxyl groups excluding tert-OH is 5. The Labute approximate surface area is 241 Å². The van der Waals surface area contributed by atoms with E-state index >= 15 is 0 Å². The zero-order valence-electron chi connectivity index (χ0n) is 22.3. The lowest BCUT2D eigenvalue weighted by molar-refractivity contribution is -0.139. The molecule has 0 spiro atoms. The molecule has 21 heteroatoms. The van der Waals surface area contributed by atoms with Crippen molar-refractivity contribution in [1.29, 1.82) is 0 Å². The molecule has 0 amide bonds. The van der Waals surface area contributed by atoms with Crippen molar-refractivity contribution in [1.82, 2.24) is 0 Å². The highest BCUT2D eigenvalue weighted by Crippen LogP contribution is 1.86. The molecule has 20 N–H and O–H groups in total. The molecule has 0 aliphatic heterocycles. The maximum absolute atomic E-state index is 9.85. The van der Waals surface area contributed by atoms with Crippen molar-refractivity contribution in [2.45, 2.75) is 62.3 Å². The summed E-state index contributed by atoms with van der Waals surface area (Å²) in [7, 11) is 0. The van der Waals surface area contributed by atoms with Gasteiger partial charge in [0.25, 0.3) is 0 Å². The molecule has 20 nitrogen and oxygen atoms in total. The van der Waals surface area contributed by atoms with Crippen molar-refractivity contribution in [3.05, 3.63) is 0 Å². The molecule has 0 rings (SSSR count). The van der Waals surface area contributed by atoms with E-state index in [1.807, 2.05) is 0 Å². The Kier molecular flexibility index (Phi) is 43.9. The van der Waals surface area contributed by atoms with Gasteiger partial charge in [0.05, 0.1) is 0 Å². The van der Waals surface area contributed by atoms with E-state index in [4.69, 9.17) is 79.7 Å². The van der Waals surface area contributed by atoms with Crippen LogP contribution in [0, 0.1) is 0 Å². The minimum Gasteiger partial charge on any atom is -0.480 e. The number of nitrogens with two attached hydrogens (primary N) is 5. The van der Waals surface area contributed by atoms with Crippen LogP contribution in [-0.4, -0.2) is 144 Å². The maximum Gasteiger partial charge on any atom is 0.320 e. The van der Waals surface area contributed by atoms with Crippen LogP contribution in [0.25, 0.3) is 0 Å². The number of carboxylic acid groups (broad SMARTS) is 5. The molecule has 0 radical (unpaired) electrons. The Hall–Kier alpha value is -2.76. The highest BCUT2D eigenvalue weighted by atomic mass is 35.5. The van der Waals surface area contributed by atoms with Gasteiger partial charge >= 0.3 is 29.8 Å². The van der Waals surface area contributed by atoms with Crippen molar-refractivity contribution < 1.29 is 75.0 Å². The van der Waals surface area contributed by atoms with E-state index in [9.17, 15) is 24.0 Å². The zero-order valence-corrected chi connectivity index (χ0v) is 23.1. The van der Waals surface area contributed by atoms with Gasteiger partial charge in [0.1, 0.15) is 30.2 Å². The summed E-state index contributed by atoms with van der Waals surface area (Å²) >= 11 is 0. The van der Waals surface area contributed by atoms with Crippen molar-refractivity contribution in [3.63, 3.8) is 0 Å². The van der Waals surface area contributed by atoms with Gasteiger partial charge in [-0.3, -0.25) is 24.0 Å². The van der Waals surface area contributed by atoms with Crippen LogP contribution < -0.4 is 28.7 Å². The number of halogens is 1. The SMILES string of the molecule is Cl.N[C@@H](CCO)C(=O)O.N[C@@H](CCO)C(=O)O.N[C@@H](CCO)C(=O)O.N[C@@H](CCO)C(=O)O.N[C@@H](CCO)C(=O)O. The molecule has 5 atom stereocenters. The van der Waals surface area contributed by atoms with E-state index in [0.29, 0.717) is 0 Å². The second kappa shape index (κ2) is 35.3.